The van der Waals surface area contributed by atoms with Crippen molar-refractivity contribution >= 4 is 50.2 Å². The normalized spacial score (nSPS) is 22.5. The monoisotopic (exact) mass is 647 g/mol. The molecule has 1 aliphatic heterocycles. The molecule has 3 aromatic heterocycles. The van der Waals surface area contributed by atoms with Gasteiger partial charge in [0.05, 0.1) is 24.3 Å². The maximum atomic E-state index is 14.0. The first-order chi connectivity index (χ1) is 20.4. The van der Waals surface area contributed by atoms with Crippen LogP contribution < -0.4 is 5.32 Å². The van der Waals surface area contributed by atoms with Gasteiger partial charge in [-0.15, -0.1) is 0 Å². The number of aryl methyl sites for hydroxylation is 3. The highest BCUT2D eigenvalue weighted by Crippen LogP contribution is 2.59. The first kappa shape index (κ1) is 29.0. The van der Waals surface area contributed by atoms with Gasteiger partial charge in [0.25, 0.3) is 0 Å². The quantitative estimate of drug-likeness (QED) is 0.202. The number of amides is 2. The van der Waals surface area contributed by atoms with Gasteiger partial charge in [0.15, 0.2) is 5.78 Å². The lowest BCUT2D eigenvalue weighted by Crippen LogP contribution is -2.48. The van der Waals surface area contributed by atoms with Gasteiger partial charge >= 0.3 is 0 Å². The smallest absolute Gasteiger partial charge is 0.248 e. The number of Topliss-reactive ketones (excluding diaryl/α,β-unsaturated/α-hetero) is 1. The molecule has 0 spiro atoms. The molecule has 2 amide bonds. The summed E-state index contributed by atoms with van der Waals surface area (Å²) in [6.07, 6.45) is 2.56. The van der Waals surface area contributed by atoms with Crippen LogP contribution in [-0.2, 0) is 16.1 Å². The van der Waals surface area contributed by atoms with Crippen LogP contribution in [0.5, 0.6) is 0 Å². The molecule has 1 unspecified atom stereocenters. The molecule has 12 nitrogen and oxygen atoms in total. The van der Waals surface area contributed by atoms with E-state index in [1.54, 1.807) is 38.4 Å². The third-order valence-electron chi connectivity index (χ3n) is 8.53. The second kappa shape index (κ2) is 10.6. The number of piperidine rings is 1. The number of carbonyl (C=O) groups excluding carboxylic acids is 3. The Kier molecular flexibility index (Phi) is 7.14. The van der Waals surface area contributed by atoms with E-state index in [1.165, 1.54) is 16.5 Å². The molecule has 1 saturated carbocycles. The summed E-state index contributed by atoms with van der Waals surface area (Å²) in [6.45, 7) is 6.24. The molecule has 2 aliphatic rings. The zero-order chi connectivity index (χ0) is 30.8. The standard InChI is InChI=1S/C30H30BrN7O5/c1-14-5-6-22(31)34-28(14)35-29(43)21-9-30(13-39)26(27(30)42)38(21)23(41)12-37-25-15(2)7-18(19-10-32-17(4)33-11-19)8-20(25)24(36-37)16(3)40/h5-8,10-11,21,26-27,39,42H,9,12-13H2,1-4H3,(H,34,35,43)/t21-,26+,27?,30-/m0/s1. The van der Waals surface area contributed by atoms with Crippen molar-refractivity contribution in [1.82, 2.24) is 29.6 Å². The predicted molar refractivity (Wildman–Crippen MR) is 160 cm³/mol. The van der Waals surface area contributed by atoms with Gasteiger partial charge in [0.2, 0.25) is 11.8 Å². The molecule has 6 rings (SSSR count). The number of rotatable bonds is 7. The molecule has 13 heteroatoms. The zero-order valence-electron chi connectivity index (χ0n) is 24.0. The number of hydrogen-bond donors (Lipinski definition) is 3. The Bertz CT molecular complexity index is 1810. The highest BCUT2D eigenvalue weighted by molar-refractivity contribution is 9.10. The Hall–Kier alpha value is -4.07. The Morgan fingerprint density at radius 2 is 1.81 bits per heavy atom. The van der Waals surface area contributed by atoms with Crippen molar-refractivity contribution in [1.29, 1.82) is 0 Å². The van der Waals surface area contributed by atoms with Crippen molar-refractivity contribution in [3.05, 3.63) is 63.9 Å². The number of aromatic nitrogens is 5. The van der Waals surface area contributed by atoms with E-state index in [0.717, 1.165) is 22.3 Å². The molecule has 1 saturated heterocycles. The lowest BCUT2D eigenvalue weighted by Gasteiger charge is -2.28. The number of ketones is 1. The number of carbonyl (C=O) groups is 3. The second-order valence-corrected chi connectivity index (χ2v) is 12.2. The number of halogens is 1. The number of aliphatic hydroxyl groups is 2. The van der Waals surface area contributed by atoms with Crippen LogP contribution in [0.2, 0.25) is 0 Å². The Labute approximate surface area is 255 Å². The van der Waals surface area contributed by atoms with E-state index >= 15 is 0 Å². The number of pyridine rings is 1. The van der Waals surface area contributed by atoms with Gasteiger partial charge in [-0.1, -0.05) is 6.07 Å². The number of hydrogen-bond acceptors (Lipinski definition) is 9. The molecule has 43 heavy (non-hydrogen) atoms. The molecule has 4 atom stereocenters. The van der Waals surface area contributed by atoms with E-state index in [4.69, 9.17) is 0 Å². The summed E-state index contributed by atoms with van der Waals surface area (Å²) in [5, 5.41) is 28.8. The van der Waals surface area contributed by atoms with Crippen LogP contribution in [0.4, 0.5) is 5.82 Å². The molecule has 0 radical (unpaired) electrons. The van der Waals surface area contributed by atoms with Crippen LogP contribution in [0, 0.1) is 26.2 Å². The minimum absolute atomic E-state index is 0.0967. The summed E-state index contributed by atoms with van der Waals surface area (Å²) in [5.41, 5.74) is 2.94. The number of nitrogens with one attached hydrogen (secondary N) is 1. The number of aliphatic hydroxyl groups excluding tert-OH is 2. The van der Waals surface area contributed by atoms with Crippen molar-refractivity contribution < 1.29 is 24.6 Å². The highest BCUT2D eigenvalue weighted by Gasteiger charge is 2.74. The number of nitrogens with zero attached hydrogens (tertiary/aromatic N) is 6. The fraction of sp³-hybridized carbons (Fsp3) is 0.367. The van der Waals surface area contributed by atoms with E-state index in [9.17, 15) is 24.6 Å². The second-order valence-electron chi connectivity index (χ2n) is 11.4. The average Bonchev–Trinajstić information content (AvgIpc) is 3.25. The molecule has 3 N–H and O–H groups in total. The number of fused-ring (bicyclic) bond motifs is 2. The molecule has 2 fully saturated rings. The van der Waals surface area contributed by atoms with Gasteiger partial charge in [-0.3, -0.25) is 19.1 Å². The third-order valence-corrected chi connectivity index (χ3v) is 8.98. The van der Waals surface area contributed by atoms with Crippen LogP contribution in [0.25, 0.3) is 22.0 Å². The Morgan fingerprint density at radius 1 is 1.09 bits per heavy atom. The Morgan fingerprint density at radius 3 is 2.49 bits per heavy atom. The third kappa shape index (κ3) is 4.81. The van der Waals surface area contributed by atoms with Crippen LogP contribution in [0.3, 0.4) is 0 Å². The molecule has 1 aromatic carbocycles. The topological polar surface area (TPSA) is 163 Å². The van der Waals surface area contributed by atoms with E-state index in [-0.39, 0.29) is 31.0 Å². The van der Waals surface area contributed by atoms with Crippen molar-refractivity contribution in [2.75, 3.05) is 11.9 Å². The molecule has 0 bridgehead atoms. The molecule has 4 aromatic rings. The van der Waals surface area contributed by atoms with Crippen molar-refractivity contribution in [3.63, 3.8) is 0 Å². The number of benzene rings is 1. The molecule has 1 aliphatic carbocycles. The van der Waals surface area contributed by atoms with Crippen LogP contribution in [-0.4, -0.2) is 82.2 Å². The Balaban J connectivity index is 1.35. The first-order valence-electron chi connectivity index (χ1n) is 13.8. The summed E-state index contributed by atoms with van der Waals surface area (Å²) in [5.74, 6) is -0.211. The fourth-order valence-corrected chi connectivity index (χ4v) is 6.53. The molecular weight excluding hydrogens is 618 g/mol. The van der Waals surface area contributed by atoms with Crippen LogP contribution >= 0.6 is 15.9 Å². The predicted octanol–water partition coefficient (Wildman–Crippen LogP) is 2.74. The van der Waals surface area contributed by atoms with Crippen molar-refractivity contribution in [3.8, 4) is 11.1 Å². The number of likely N-dealkylation sites (tertiary alicyclic amines) is 1. The van der Waals surface area contributed by atoms with Gasteiger partial charge in [0.1, 0.15) is 34.5 Å². The molecular formula is C30H30BrN7O5. The summed E-state index contributed by atoms with van der Waals surface area (Å²) in [6, 6.07) is 5.64. The highest BCUT2D eigenvalue weighted by atomic mass is 79.9. The zero-order valence-corrected chi connectivity index (χ0v) is 25.6. The van der Waals surface area contributed by atoms with Gasteiger partial charge in [0, 0.05) is 35.7 Å². The fourth-order valence-electron chi connectivity index (χ4n) is 6.22. The number of anilines is 1. The van der Waals surface area contributed by atoms with Crippen LogP contribution in [0.15, 0.2) is 41.3 Å². The summed E-state index contributed by atoms with van der Waals surface area (Å²) < 4.78 is 2.01. The van der Waals surface area contributed by atoms with Crippen LogP contribution in [0.1, 0.15) is 40.8 Å². The summed E-state index contributed by atoms with van der Waals surface area (Å²) in [4.78, 5) is 54.4. The molecule has 4 heterocycles. The minimum Gasteiger partial charge on any atom is -0.396 e. The maximum absolute atomic E-state index is 14.0. The van der Waals surface area contributed by atoms with Crippen molar-refractivity contribution in [2.45, 2.75) is 58.8 Å². The van der Waals surface area contributed by atoms with E-state index in [0.29, 0.717) is 27.1 Å². The lowest BCUT2D eigenvalue weighted by atomic mass is 9.99. The van der Waals surface area contributed by atoms with E-state index < -0.39 is 35.4 Å². The van der Waals surface area contributed by atoms with E-state index in [2.05, 4.69) is 41.3 Å². The van der Waals surface area contributed by atoms with Gasteiger partial charge in [-0.2, -0.15) is 5.10 Å². The largest absolute Gasteiger partial charge is 0.396 e. The SMILES string of the molecule is CC(=O)c1nn(CC(=O)N2[C@H](C(=O)Nc3nc(Br)ccc3C)C[C@@]3(CO)C(O)[C@@H]23)c2c(C)cc(-c3cnc(C)nc3)cc12. The van der Waals surface area contributed by atoms with E-state index in [1.807, 2.05) is 19.1 Å². The average molecular weight is 649 g/mol. The molecule has 222 valence electrons. The van der Waals surface area contributed by atoms with Gasteiger partial charge in [-0.25, -0.2) is 15.0 Å². The maximum Gasteiger partial charge on any atom is 0.248 e. The minimum atomic E-state index is -0.977. The summed E-state index contributed by atoms with van der Waals surface area (Å²) in [7, 11) is 0. The lowest BCUT2D eigenvalue weighted by molar-refractivity contribution is -0.139. The summed E-state index contributed by atoms with van der Waals surface area (Å²) >= 11 is 3.31. The first-order valence-corrected chi connectivity index (χ1v) is 14.6. The van der Waals surface area contributed by atoms with Gasteiger partial charge in [-0.05, 0) is 78.0 Å². The van der Waals surface area contributed by atoms with Crippen molar-refractivity contribution in [2.24, 2.45) is 5.41 Å². The van der Waals surface area contributed by atoms with Gasteiger partial charge < -0.3 is 20.4 Å².